The van der Waals surface area contributed by atoms with Crippen LogP contribution in [0.5, 0.6) is 5.75 Å². The Morgan fingerprint density at radius 1 is 1.19 bits per heavy atom. The van der Waals surface area contributed by atoms with Crippen LogP contribution in [0.25, 0.3) is 0 Å². The molecule has 16 heavy (non-hydrogen) atoms. The Hall–Kier alpha value is -0.580. The number of hydrogen-bond acceptors (Lipinski definition) is 3. The van der Waals surface area contributed by atoms with E-state index in [0.29, 0.717) is 5.33 Å². The smallest absolute Gasteiger partial charge is 0.169 e. The van der Waals surface area contributed by atoms with Crippen molar-refractivity contribution >= 4 is 15.9 Å². The molecule has 0 radical (unpaired) electrons. The minimum Gasteiger partial charge on any atom is -0.497 e. The monoisotopic (exact) mass is 286 g/mol. The highest BCUT2D eigenvalue weighted by Gasteiger charge is 2.58. The second kappa shape index (κ2) is 4.02. The Balaban J connectivity index is 2.34. The molecule has 1 aliphatic rings. The molecule has 1 fully saturated rings. The Morgan fingerprint density at radius 3 is 2.12 bits per heavy atom. The Bertz CT molecular complexity index is 370. The van der Waals surface area contributed by atoms with Gasteiger partial charge in [-0.25, -0.2) is 9.78 Å². The third-order valence-electron chi connectivity index (χ3n) is 3.11. The highest BCUT2D eigenvalue weighted by molar-refractivity contribution is 9.09. The predicted molar refractivity (Wildman–Crippen MR) is 64.7 cm³/mol. The summed E-state index contributed by atoms with van der Waals surface area (Å²) in [7, 11) is 1.65. The molecule has 0 bridgehead atoms. The molecule has 0 spiro atoms. The largest absolute Gasteiger partial charge is 0.497 e. The zero-order valence-electron chi connectivity index (χ0n) is 9.62. The van der Waals surface area contributed by atoms with Crippen LogP contribution in [-0.2, 0) is 15.4 Å². The molecule has 1 saturated heterocycles. The zero-order valence-corrected chi connectivity index (χ0v) is 11.2. The summed E-state index contributed by atoms with van der Waals surface area (Å²) in [5.41, 5.74) is 0.339. The van der Waals surface area contributed by atoms with E-state index >= 15 is 0 Å². The van der Waals surface area contributed by atoms with Gasteiger partial charge in [0.1, 0.15) is 11.4 Å². The molecular formula is C12H15BrO3. The van der Waals surface area contributed by atoms with Gasteiger partial charge in [0.05, 0.1) is 7.11 Å². The van der Waals surface area contributed by atoms with Crippen molar-refractivity contribution in [3.63, 3.8) is 0 Å². The van der Waals surface area contributed by atoms with Crippen LogP contribution in [-0.4, -0.2) is 18.0 Å². The van der Waals surface area contributed by atoms with Crippen molar-refractivity contribution in [3.8, 4) is 5.75 Å². The Labute approximate surface area is 104 Å². The summed E-state index contributed by atoms with van der Waals surface area (Å²) in [6, 6.07) is 7.86. The number of rotatable bonds is 3. The summed E-state index contributed by atoms with van der Waals surface area (Å²) < 4.78 is 5.14. The fourth-order valence-corrected chi connectivity index (χ4v) is 2.92. The van der Waals surface area contributed by atoms with Crippen molar-refractivity contribution < 1.29 is 14.5 Å². The van der Waals surface area contributed by atoms with Crippen molar-refractivity contribution in [2.45, 2.75) is 25.0 Å². The number of hydrogen-bond donors (Lipinski definition) is 0. The SMILES string of the molecule is COc1ccc(C2(CBr)OOC2(C)C)cc1. The molecule has 1 heterocycles. The Morgan fingerprint density at radius 2 is 1.81 bits per heavy atom. The first-order valence-electron chi connectivity index (χ1n) is 5.13. The molecule has 0 amide bonds. The molecule has 0 N–H and O–H groups in total. The van der Waals surface area contributed by atoms with Crippen LogP contribution in [0.4, 0.5) is 0 Å². The summed E-state index contributed by atoms with van der Waals surface area (Å²) in [4.78, 5) is 10.5. The van der Waals surface area contributed by atoms with Gasteiger partial charge in [0.25, 0.3) is 0 Å². The highest BCUT2D eigenvalue weighted by atomic mass is 79.9. The second-order valence-electron chi connectivity index (χ2n) is 4.37. The zero-order chi connectivity index (χ0) is 11.8. The number of halogens is 1. The lowest BCUT2D eigenvalue weighted by Crippen LogP contribution is -2.62. The first-order valence-corrected chi connectivity index (χ1v) is 6.25. The molecule has 0 aliphatic carbocycles. The van der Waals surface area contributed by atoms with Crippen molar-refractivity contribution in [3.05, 3.63) is 29.8 Å². The van der Waals surface area contributed by atoms with Crippen LogP contribution in [0.3, 0.4) is 0 Å². The minimum absolute atomic E-state index is 0.328. The molecule has 0 aromatic heterocycles. The van der Waals surface area contributed by atoms with Crippen molar-refractivity contribution in [1.82, 2.24) is 0 Å². The molecule has 4 heteroatoms. The van der Waals surface area contributed by atoms with Gasteiger partial charge in [-0.3, -0.25) is 0 Å². The van der Waals surface area contributed by atoms with Crippen LogP contribution in [0.2, 0.25) is 0 Å². The van der Waals surface area contributed by atoms with E-state index in [4.69, 9.17) is 14.5 Å². The molecular weight excluding hydrogens is 272 g/mol. The molecule has 1 atom stereocenters. The summed E-state index contributed by atoms with van der Waals surface area (Å²) >= 11 is 3.50. The summed E-state index contributed by atoms with van der Waals surface area (Å²) in [6.45, 7) is 4.03. The summed E-state index contributed by atoms with van der Waals surface area (Å²) in [5, 5.41) is 0.694. The molecule has 1 aromatic rings. The minimum atomic E-state index is -0.417. The van der Waals surface area contributed by atoms with Gasteiger partial charge in [-0.15, -0.1) is 0 Å². The van der Waals surface area contributed by atoms with Gasteiger partial charge in [0.2, 0.25) is 0 Å². The van der Waals surface area contributed by atoms with Crippen LogP contribution in [0.1, 0.15) is 19.4 Å². The molecule has 88 valence electrons. The average Bonchev–Trinajstić information content (AvgIpc) is 2.30. The summed E-state index contributed by atoms with van der Waals surface area (Å²) in [6.07, 6.45) is 0. The standard InChI is InChI=1S/C12H15BrO3/c1-11(2)12(8-13,16-15-11)9-4-6-10(14-3)7-5-9/h4-7H,8H2,1-3H3. The van der Waals surface area contributed by atoms with Crippen molar-refractivity contribution in [2.75, 3.05) is 12.4 Å². The van der Waals surface area contributed by atoms with Crippen molar-refractivity contribution in [1.29, 1.82) is 0 Å². The fourth-order valence-electron chi connectivity index (χ4n) is 1.83. The molecule has 3 nitrogen and oxygen atoms in total. The molecule has 1 aromatic carbocycles. The normalized spacial score (nSPS) is 27.2. The highest BCUT2D eigenvalue weighted by Crippen LogP contribution is 2.49. The fraction of sp³-hybridized carbons (Fsp3) is 0.500. The van der Waals surface area contributed by atoms with E-state index in [2.05, 4.69) is 15.9 Å². The van der Waals surface area contributed by atoms with Gasteiger partial charge < -0.3 is 4.74 Å². The van der Waals surface area contributed by atoms with Crippen LogP contribution in [0.15, 0.2) is 24.3 Å². The molecule has 1 aliphatic heterocycles. The predicted octanol–water partition coefficient (Wildman–Crippen LogP) is 3.03. The van der Waals surface area contributed by atoms with Crippen molar-refractivity contribution in [2.24, 2.45) is 0 Å². The third kappa shape index (κ3) is 1.56. The van der Waals surface area contributed by atoms with Crippen LogP contribution < -0.4 is 4.74 Å². The lowest BCUT2D eigenvalue weighted by atomic mass is 9.80. The van der Waals surface area contributed by atoms with Gasteiger partial charge in [-0.2, -0.15) is 0 Å². The summed E-state index contributed by atoms with van der Waals surface area (Å²) in [5.74, 6) is 0.839. The van der Waals surface area contributed by atoms with Gasteiger partial charge in [-0.1, -0.05) is 28.1 Å². The lowest BCUT2D eigenvalue weighted by Gasteiger charge is -2.52. The van der Waals surface area contributed by atoms with E-state index in [-0.39, 0.29) is 5.60 Å². The second-order valence-corrected chi connectivity index (χ2v) is 4.93. The van der Waals surface area contributed by atoms with Gasteiger partial charge in [0, 0.05) is 5.33 Å². The van der Waals surface area contributed by atoms with Gasteiger partial charge >= 0.3 is 0 Å². The topological polar surface area (TPSA) is 27.7 Å². The average molecular weight is 287 g/mol. The molecule has 1 unspecified atom stereocenters. The first-order chi connectivity index (χ1) is 7.55. The number of benzene rings is 1. The maximum atomic E-state index is 5.35. The molecule has 0 saturated carbocycles. The first kappa shape index (κ1) is 11.9. The number of methoxy groups -OCH3 is 1. The van der Waals surface area contributed by atoms with Gasteiger partial charge in [-0.05, 0) is 31.5 Å². The van der Waals surface area contributed by atoms with E-state index in [0.717, 1.165) is 11.3 Å². The van der Waals surface area contributed by atoms with E-state index in [1.54, 1.807) is 7.11 Å². The van der Waals surface area contributed by atoms with Gasteiger partial charge in [0.15, 0.2) is 5.60 Å². The molecule has 2 rings (SSSR count). The van der Waals surface area contributed by atoms with E-state index < -0.39 is 5.60 Å². The Kier molecular flexibility index (Phi) is 2.99. The van der Waals surface area contributed by atoms with Crippen LogP contribution in [0, 0.1) is 0 Å². The number of alkyl halides is 1. The quantitative estimate of drug-likeness (QED) is 0.632. The van der Waals surface area contributed by atoms with E-state index in [1.807, 2.05) is 38.1 Å². The van der Waals surface area contributed by atoms with Crippen LogP contribution >= 0.6 is 15.9 Å². The maximum absolute atomic E-state index is 5.35. The van der Waals surface area contributed by atoms with E-state index in [9.17, 15) is 0 Å². The maximum Gasteiger partial charge on any atom is 0.169 e. The lowest BCUT2D eigenvalue weighted by molar-refractivity contribution is -0.546. The van der Waals surface area contributed by atoms with E-state index in [1.165, 1.54) is 0 Å². The third-order valence-corrected chi connectivity index (χ3v) is 3.90. The number of ether oxygens (including phenoxy) is 1.